The normalized spacial score (nSPS) is 22.0. The van der Waals surface area contributed by atoms with E-state index in [1.54, 1.807) is 12.3 Å². The SMILES string of the molecule is CCS(=O)(=O)N1CCCC[C@H](NC(=O)c2scc3c2OCCO3)C1. The number of amides is 1. The van der Waals surface area contributed by atoms with Crippen LogP contribution < -0.4 is 14.8 Å². The number of carbonyl (C=O) groups excluding carboxylic acids is 1. The van der Waals surface area contributed by atoms with E-state index in [1.807, 2.05) is 0 Å². The number of ether oxygens (including phenoxy) is 2. The van der Waals surface area contributed by atoms with Crippen LogP contribution in [0.15, 0.2) is 5.38 Å². The molecular formula is C15H22N2O5S2. The van der Waals surface area contributed by atoms with Crippen LogP contribution >= 0.6 is 11.3 Å². The molecule has 0 bridgehead atoms. The zero-order chi connectivity index (χ0) is 17.2. The molecule has 1 fully saturated rings. The van der Waals surface area contributed by atoms with Gasteiger partial charge in [0.1, 0.15) is 18.1 Å². The van der Waals surface area contributed by atoms with Gasteiger partial charge in [0, 0.05) is 24.5 Å². The molecule has 2 aliphatic heterocycles. The summed E-state index contributed by atoms with van der Waals surface area (Å²) in [5.41, 5.74) is 0. The van der Waals surface area contributed by atoms with Crippen LogP contribution in [0.25, 0.3) is 0 Å². The molecule has 1 amide bonds. The first kappa shape index (κ1) is 17.5. The van der Waals surface area contributed by atoms with Crippen LogP contribution in [0.2, 0.25) is 0 Å². The monoisotopic (exact) mass is 374 g/mol. The van der Waals surface area contributed by atoms with Crippen LogP contribution in [0.5, 0.6) is 11.5 Å². The quantitative estimate of drug-likeness (QED) is 0.862. The van der Waals surface area contributed by atoms with E-state index < -0.39 is 10.0 Å². The van der Waals surface area contributed by atoms with E-state index in [-0.39, 0.29) is 17.7 Å². The van der Waals surface area contributed by atoms with Crippen molar-refractivity contribution in [2.24, 2.45) is 0 Å². The number of sulfonamides is 1. The maximum atomic E-state index is 12.6. The van der Waals surface area contributed by atoms with E-state index in [1.165, 1.54) is 15.6 Å². The molecular weight excluding hydrogens is 352 g/mol. The lowest BCUT2D eigenvalue weighted by molar-refractivity contribution is 0.0927. The van der Waals surface area contributed by atoms with Gasteiger partial charge < -0.3 is 14.8 Å². The number of hydrogen-bond donors (Lipinski definition) is 1. The Morgan fingerprint density at radius 3 is 2.96 bits per heavy atom. The van der Waals surface area contributed by atoms with Gasteiger partial charge in [0.2, 0.25) is 10.0 Å². The van der Waals surface area contributed by atoms with Crippen molar-refractivity contribution < 1.29 is 22.7 Å². The van der Waals surface area contributed by atoms with Gasteiger partial charge in [-0.05, 0) is 19.8 Å². The van der Waals surface area contributed by atoms with Gasteiger partial charge >= 0.3 is 0 Å². The lowest BCUT2D eigenvalue weighted by Gasteiger charge is -2.24. The van der Waals surface area contributed by atoms with Crippen molar-refractivity contribution in [1.29, 1.82) is 0 Å². The zero-order valence-electron chi connectivity index (χ0n) is 13.6. The van der Waals surface area contributed by atoms with E-state index in [0.717, 1.165) is 19.3 Å². The Kier molecular flexibility index (Phi) is 5.31. The summed E-state index contributed by atoms with van der Waals surface area (Å²) in [5.74, 6) is 0.951. The molecule has 2 aliphatic rings. The van der Waals surface area contributed by atoms with E-state index >= 15 is 0 Å². The summed E-state index contributed by atoms with van der Waals surface area (Å²) in [6.07, 6.45) is 2.48. The first-order chi connectivity index (χ1) is 11.5. The summed E-state index contributed by atoms with van der Waals surface area (Å²) in [6.45, 7) is 3.40. The molecule has 0 aliphatic carbocycles. The Hall–Kier alpha value is -1.32. The highest BCUT2D eigenvalue weighted by Crippen LogP contribution is 2.39. The lowest BCUT2D eigenvalue weighted by atomic mass is 10.1. The number of nitrogens with zero attached hydrogens (tertiary/aromatic N) is 1. The highest BCUT2D eigenvalue weighted by Gasteiger charge is 2.29. The molecule has 3 rings (SSSR count). The largest absolute Gasteiger partial charge is 0.485 e. The summed E-state index contributed by atoms with van der Waals surface area (Å²) in [7, 11) is -3.24. The zero-order valence-corrected chi connectivity index (χ0v) is 15.2. The Balaban J connectivity index is 1.70. The van der Waals surface area contributed by atoms with Gasteiger partial charge in [0.05, 0.1) is 5.75 Å². The number of thiophene rings is 1. The molecule has 0 saturated carbocycles. The molecule has 0 radical (unpaired) electrons. The fraction of sp³-hybridized carbons (Fsp3) is 0.667. The fourth-order valence-electron chi connectivity index (χ4n) is 2.93. The standard InChI is InChI=1S/C15H22N2O5S2/c1-2-24(19,20)17-6-4-3-5-11(9-17)16-15(18)14-13-12(10-23-14)21-7-8-22-13/h10-11H,2-9H2,1H3,(H,16,18)/t11-/m0/s1. The minimum atomic E-state index is -3.24. The van der Waals surface area contributed by atoms with Gasteiger partial charge in [-0.2, -0.15) is 4.31 Å². The molecule has 9 heteroatoms. The van der Waals surface area contributed by atoms with Crippen molar-refractivity contribution in [3.05, 3.63) is 10.3 Å². The maximum Gasteiger partial charge on any atom is 0.265 e. The van der Waals surface area contributed by atoms with Crippen LogP contribution in [-0.2, 0) is 10.0 Å². The lowest BCUT2D eigenvalue weighted by Crippen LogP contribution is -2.45. The van der Waals surface area contributed by atoms with E-state index in [4.69, 9.17) is 9.47 Å². The first-order valence-corrected chi connectivity index (χ1v) is 10.7. The van der Waals surface area contributed by atoms with Crippen LogP contribution in [0, 0.1) is 0 Å². The third-order valence-corrected chi connectivity index (χ3v) is 7.02. The number of fused-ring (bicyclic) bond motifs is 1. The summed E-state index contributed by atoms with van der Waals surface area (Å²) < 4.78 is 36.8. The molecule has 7 nitrogen and oxygen atoms in total. The maximum absolute atomic E-state index is 12.6. The number of rotatable bonds is 4. The Morgan fingerprint density at radius 2 is 2.17 bits per heavy atom. The van der Waals surface area contributed by atoms with Crippen LogP contribution in [0.3, 0.4) is 0 Å². The van der Waals surface area contributed by atoms with E-state index in [9.17, 15) is 13.2 Å². The molecule has 134 valence electrons. The number of carbonyl (C=O) groups is 1. The molecule has 1 saturated heterocycles. The summed E-state index contributed by atoms with van der Waals surface area (Å²) in [5, 5.41) is 4.74. The molecule has 24 heavy (non-hydrogen) atoms. The Bertz CT molecular complexity index is 701. The van der Waals surface area contributed by atoms with Crippen molar-refractivity contribution in [3.63, 3.8) is 0 Å². The molecule has 0 unspecified atom stereocenters. The number of nitrogens with one attached hydrogen (secondary N) is 1. The second kappa shape index (κ2) is 7.28. The van der Waals surface area contributed by atoms with Crippen LogP contribution in [0.1, 0.15) is 35.9 Å². The molecule has 1 aromatic heterocycles. The molecule has 0 spiro atoms. The van der Waals surface area contributed by atoms with Crippen LogP contribution in [0.4, 0.5) is 0 Å². The molecule has 0 aromatic carbocycles. The van der Waals surface area contributed by atoms with E-state index in [0.29, 0.717) is 42.7 Å². The van der Waals surface area contributed by atoms with Gasteiger partial charge in [-0.25, -0.2) is 8.42 Å². The third-order valence-electron chi connectivity index (χ3n) is 4.23. The highest BCUT2D eigenvalue weighted by atomic mass is 32.2. The average molecular weight is 374 g/mol. The highest BCUT2D eigenvalue weighted by molar-refractivity contribution is 7.89. The van der Waals surface area contributed by atoms with Crippen molar-refractivity contribution >= 4 is 27.3 Å². The van der Waals surface area contributed by atoms with Crippen molar-refractivity contribution in [2.75, 3.05) is 32.1 Å². The molecule has 3 heterocycles. The summed E-state index contributed by atoms with van der Waals surface area (Å²) >= 11 is 1.28. The summed E-state index contributed by atoms with van der Waals surface area (Å²) in [4.78, 5) is 13.1. The average Bonchev–Trinajstić information content (AvgIpc) is 2.87. The fourth-order valence-corrected chi connectivity index (χ4v) is 4.94. The predicted octanol–water partition coefficient (Wildman–Crippen LogP) is 1.45. The topological polar surface area (TPSA) is 84.9 Å². The number of hydrogen-bond acceptors (Lipinski definition) is 6. The smallest absolute Gasteiger partial charge is 0.265 e. The summed E-state index contributed by atoms with van der Waals surface area (Å²) in [6, 6.07) is -0.191. The van der Waals surface area contributed by atoms with Gasteiger partial charge in [-0.3, -0.25) is 4.79 Å². The second-order valence-electron chi connectivity index (χ2n) is 5.88. The van der Waals surface area contributed by atoms with Gasteiger partial charge in [0.15, 0.2) is 11.5 Å². The van der Waals surface area contributed by atoms with E-state index in [2.05, 4.69) is 5.32 Å². The first-order valence-electron chi connectivity index (χ1n) is 8.17. The predicted molar refractivity (Wildman–Crippen MR) is 91.4 cm³/mol. The molecule has 1 aromatic rings. The minimum Gasteiger partial charge on any atom is -0.485 e. The second-order valence-corrected chi connectivity index (χ2v) is 9.02. The van der Waals surface area contributed by atoms with Crippen LogP contribution in [-0.4, -0.2) is 56.7 Å². The van der Waals surface area contributed by atoms with Gasteiger partial charge in [-0.15, -0.1) is 11.3 Å². The molecule has 1 atom stereocenters. The molecule has 1 N–H and O–H groups in total. The van der Waals surface area contributed by atoms with Crippen molar-refractivity contribution in [2.45, 2.75) is 32.2 Å². The van der Waals surface area contributed by atoms with Gasteiger partial charge in [0.25, 0.3) is 5.91 Å². The van der Waals surface area contributed by atoms with Crippen molar-refractivity contribution in [3.8, 4) is 11.5 Å². The Labute approximate surface area is 146 Å². The minimum absolute atomic E-state index is 0.0806. The van der Waals surface area contributed by atoms with Crippen molar-refractivity contribution in [1.82, 2.24) is 9.62 Å². The Morgan fingerprint density at radius 1 is 1.38 bits per heavy atom. The third kappa shape index (κ3) is 3.68. The van der Waals surface area contributed by atoms with Gasteiger partial charge in [-0.1, -0.05) is 6.42 Å².